The Hall–Kier alpha value is -3.06. The Balaban J connectivity index is 1.60. The number of amides is 1. The molecule has 0 bridgehead atoms. The van der Waals surface area contributed by atoms with Crippen LogP contribution in [0.15, 0.2) is 53.6 Å². The van der Waals surface area contributed by atoms with Gasteiger partial charge in [0.2, 0.25) is 5.91 Å². The Kier molecular flexibility index (Phi) is 6.72. The van der Waals surface area contributed by atoms with E-state index in [4.69, 9.17) is 9.47 Å². The maximum absolute atomic E-state index is 12.3. The average molecular weight is 410 g/mol. The zero-order chi connectivity index (χ0) is 20.8. The Morgan fingerprint density at radius 2 is 1.76 bits per heavy atom. The summed E-state index contributed by atoms with van der Waals surface area (Å²) < 4.78 is 10.5. The lowest BCUT2D eigenvalue weighted by molar-refractivity contribution is -0.113. The van der Waals surface area contributed by atoms with Gasteiger partial charge < -0.3 is 14.8 Å². The number of aryl methyl sites for hydroxylation is 2. The van der Waals surface area contributed by atoms with Gasteiger partial charge in [0.15, 0.2) is 11.5 Å². The Bertz CT molecular complexity index is 1010. The summed E-state index contributed by atoms with van der Waals surface area (Å²) >= 11 is 1.34. The molecule has 1 heterocycles. The number of ether oxygens (including phenoxy) is 2. The molecule has 7 heteroatoms. The minimum Gasteiger partial charge on any atom is -0.493 e. The molecule has 6 nitrogen and oxygen atoms in total. The van der Waals surface area contributed by atoms with E-state index in [0.717, 1.165) is 16.8 Å². The van der Waals surface area contributed by atoms with Crippen molar-refractivity contribution in [2.75, 3.05) is 25.3 Å². The number of hydrogen-bond donors (Lipinski definition) is 1. The van der Waals surface area contributed by atoms with Crippen molar-refractivity contribution in [2.24, 2.45) is 0 Å². The maximum atomic E-state index is 12.3. The van der Waals surface area contributed by atoms with Gasteiger partial charge in [0.1, 0.15) is 5.03 Å². The van der Waals surface area contributed by atoms with Gasteiger partial charge in [0, 0.05) is 17.3 Å². The van der Waals surface area contributed by atoms with E-state index in [1.807, 2.05) is 12.1 Å². The molecule has 3 aromatic rings. The highest BCUT2D eigenvalue weighted by Gasteiger charge is 2.10. The molecular weight excluding hydrogens is 386 g/mol. The van der Waals surface area contributed by atoms with Crippen LogP contribution in [-0.4, -0.2) is 36.1 Å². The number of aromatic nitrogens is 2. The number of rotatable bonds is 7. The van der Waals surface area contributed by atoms with Gasteiger partial charge in [0.05, 0.1) is 25.7 Å². The molecule has 1 N–H and O–H groups in total. The Morgan fingerprint density at radius 1 is 0.966 bits per heavy atom. The molecule has 2 aromatic carbocycles. The van der Waals surface area contributed by atoms with Gasteiger partial charge in [-0.25, -0.2) is 0 Å². The highest BCUT2D eigenvalue weighted by Crippen LogP contribution is 2.30. The first-order valence-corrected chi connectivity index (χ1v) is 10.0. The highest BCUT2D eigenvalue weighted by molar-refractivity contribution is 7.99. The number of nitrogens with zero attached hydrogens (tertiary/aromatic N) is 2. The monoisotopic (exact) mass is 409 g/mol. The third kappa shape index (κ3) is 5.26. The van der Waals surface area contributed by atoms with E-state index in [2.05, 4.69) is 47.6 Å². The van der Waals surface area contributed by atoms with E-state index >= 15 is 0 Å². The van der Waals surface area contributed by atoms with Crippen LogP contribution in [0.5, 0.6) is 11.5 Å². The summed E-state index contributed by atoms with van der Waals surface area (Å²) in [4.78, 5) is 12.3. The molecule has 0 aliphatic heterocycles. The molecule has 0 fully saturated rings. The first-order chi connectivity index (χ1) is 14.0. The predicted molar refractivity (Wildman–Crippen MR) is 116 cm³/mol. The second kappa shape index (κ2) is 9.43. The molecule has 0 spiro atoms. The van der Waals surface area contributed by atoms with Crippen molar-refractivity contribution in [2.45, 2.75) is 18.9 Å². The van der Waals surface area contributed by atoms with Crippen LogP contribution in [0.2, 0.25) is 0 Å². The first kappa shape index (κ1) is 20.7. The molecule has 0 unspecified atom stereocenters. The molecule has 0 aliphatic carbocycles. The Labute approximate surface area is 174 Å². The van der Waals surface area contributed by atoms with Gasteiger partial charge in [-0.3, -0.25) is 4.79 Å². The van der Waals surface area contributed by atoms with Crippen LogP contribution in [0.4, 0.5) is 5.69 Å². The van der Waals surface area contributed by atoms with Crippen molar-refractivity contribution in [1.82, 2.24) is 10.2 Å². The first-order valence-electron chi connectivity index (χ1n) is 9.06. The third-order valence-electron chi connectivity index (χ3n) is 4.33. The Morgan fingerprint density at radius 3 is 2.45 bits per heavy atom. The summed E-state index contributed by atoms with van der Waals surface area (Å²) in [5.41, 5.74) is 4.87. The molecule has 0 saturated carbocycles. The summed E-state index contributed by atoms with van der Waals surface area (Å²) in [6.45, 7) is 4.11. The average Bonchev–Trinajstić information content (AvgIpc) is 2.74. The second-order valence-electron chi connectivity index (χ2n) is 6.48. The minimum atomic E-state index is -0.136. The van der Waals surface area contributed by atoms with Crippen molar-refractivity contribution in [3.05, 3.63) is 59.7 Å². The molecule has 150 valence electrons. The number of benzene rings is 2. The van der Waals surface area contributed by atoms with Crippen LogP contribution < -0.4 is 14.8 Å². The number of carbonyl (C=O) groups excluding carboxylic acids is 1. The second-order valence-corrected chi connectivity index (χ2v) is 7.48. The molecular formula is C22H23N3O3S. The van der Waals surface area contributed by atoms with Crippen LogP contribution in [0.25, 0.3) is 11.3 Å². The van der Waals surface area contributed by atoms with E-state index < -0.39 is 0 Å². The molecule has 0 saturated heterocycles. The van der Waals surface area contributed by atoms with E-state index in [1.54, 1.807) is 32.4 Å². The lowest BCUT2D eigenvalue weighted by Gasteiger charge is -2.10. The normalized spacial score (nSPS) is 10.5. The van der Waals surface area contributed by atoms with Crippen LogP contribution in [0, 0.1) is 13.8 Å². The zero-order valence-corrected chi connectivity index (χ0v) is 17.7. The molecule has 0 atom stereocenters. The predicted octanol–water partition coefficient (Wildman–Crippen LogP) is 4.51. The highest BCUT2D eigenvalue weighted by atomic mass is 32.2. The fourth-order valence-electron chi connectivity index (χ4n) is 2.80. The number of carbonyl (C=O) groups is 1. The lowest BCUT2D eigenvalue weighted by Crippen LogP contribution is -2.14. The van der Waals surface area contributed by atoms with Gasteiger partial charge in [-0.15, -0.1) is 10.2 Å². The van der Waals surface area contributed by atoms with Crippen molar-refractivity contribution in [1.29, 1.82) is 0 Å². The van der Waals surface area contributed by atoms with E-state index in [9.17, 15) is 4.79 Å². The van der Waals surface area contributed by atoms with Crippen molar-refractivity contribution < 1.29 is 14.3 Å². The number of nitrogens with one attached hydrogen (secondary N) is 1. The van der Waals surface area contributed by atoms with Gasteiger partial charge in [-0.1, -0.05) is 29.5 Å². The standard InChI is InChI=1S/C22H23N3O3S/c1-14-5-6-15(2)17(11-14)18-8-10-22(25-24-18)29-13-21(26)23-16-7-9-19(27-3)20(12-16)28-4/h5-12H,13H2,1-4H3,(H,23,26). The molecule has 3 rings (SSSR count). The smallest absolute Gasteiger partial charge is 0.234 e. The van der Waals surface area contributed by atoms with E-state index in [1.165, 1.54) is 17.3 Å². The summed E-state index contributed by atoms with van der Waals surface area (Å²) in [5.74, 6) is 1.26. The molecule has 1 aromatic heterocycles. The molecule has 29 heavy (non-hydrogen) atoms. The van der Waals surface area contributed by atoms with Crippen molar-refractivity contribution in [3.8, 4) is 22.8 Å². The fraction of sp³-hybridized carbons (Fsp3) is 0.227. The number of hydrogen-bond acceptors (Lipinski definition) is 6. The van der Waals surface area contributed by atoms with Crippen molar-refractivity contribution >= 4 is 23.4 Å². The van der Waals surface area contributed by atoms with Crippen LogP contribution in [-0.2, 0) is 4.79 Å². The maximum Gasteiger partial charge on any atom is 0.234 e. The van der Waals surface area contributed by atoms with Gasteiger partial charge in [-0.05, 0) is 49.7 Å². The third-order valence-corrected chi connectivity index (χ3v) is 5.25. The lowest BCUT2D eigenvalue weighted by atomic mass is 10.0. The molecule has 0 radical (unpaired) electrons. The van der Waals surface area contributed by atoms with Gasteiger partial charge >= 0.3 is 0 Å². The topological polar surface area (TPSA) is 73.3 Å². The minimum absolute atomic E-state index is 0.136. The fourth-order valence-corrected chi connectivity index (χ4v) is 3.42. The van der Waals surface area contributed by atoms with E-state index in [0.29, 0.717) is 22.2 Å². The number of thioether (sulfide) groups is 1. The summed E-state index contributed by atoms with van der Waals surface area (Å²) in [6, 6.07) is 15.3. The van der Waals surface area contributed by atoms with Gasteiger partial charge in [0.25, 0.3) is 0 Å². The largest absolute Gasteiger partial charge is 0.493 e. The number of methoxy groups -OCH3 is 2. The van der Waals surface area contributed by atoms with Crippen LogP contribution in [0.1, 0.15) is 11.1 Å². The number of anilines is 1. The van der Waals surface area contributed by atoms with Crippen LogP contribution >= 0.6 is 11.8 Å². The summed E-state index contributed by atoms with van der Waals surface area (Å²) in [6.07, 6.45) is 0. The molecule has 1 amide bonds. The summed E-state index contributed by atoms with van der Waals surface area (Å²) in [7, 11) is 3.12. The quantitative estimate of drug-likeness (QED) is 0.579. The SMILES string of the molecule is COc1ccc(NC(=O)CSc2ccc(-c3cc(C)ccc3C)nn2)cc1OC. The van der Waals surface area contributed by atoms with Crippen molar-refractivity contribution in [3.63, 3.8) is 0 Å². The zero-order valence-electron chi connectivity index (χ0n) is 16.9. The van der Waals surface area contributed by atoms with Crippen LogP contribution in [0.3, 0.4) is 0 Å². The van der Waals surface area contributed by atoms with E-state index in [-0.39, 0.29) is 11.7 Å². The van der Waals surface area contributed by atoms with Gasteiger partial charge in [-0.2, -0.15) is 0 Å². The summed E-state index contributed by atoms with van der Waals surface area (Å²) in [5, 5.41) is 12.1. The molecule has 0 aliphatic rings.